The molecule has 0 spiro atoms. The van der Waals surface area contributed by atoms with Crippen molar-refractivity contribution in [1.29, 1.82) is 0 Å². The summed E-state index contributed by atoms with van der Waals surface area (Å²) in [5.41, 5.74) is -0.246. The van der Waals surface area contributed by atoms with Crippen molar-refractivity contribution in [3.05, 3.63) is 0 Å². The molecule has 2 aliphatic rings. The van der Waals surface area contributed by atoms with Crippen LogP contribution < -0.4 is 5.32 Å². The SMILES string of the molecule is CC(C)(CNC(=O)C1(CO)CCC1)C1CCC1. The first-order valence-corrected chi connectivity index (χ1v) is 6.89. The normalized spacial score (nSPS) is 23.7. The highest BCUT2D eigenvalue weighted by molar-refractivity contribution is 5.83. The van der Waals surface area contributed by atoms with Gasteiger partial charge in [0.1, 0.15) is 0 Å². The van der Waals surface area contributed by atoms with Gasteiger partial charge in [-0.05, 0) is 37.0 Å². The van der Waals surface area contributed by atoms with Gasteiger partial charge in [-0.3, -0.25) is 4.79 Å². The Balaban J connectivity index is 1.83. The zero-order valence-electron chi connectivity index (χ0n) is 11.1. The number of aliphatic hydroxyl groups is 1. The van der Waals surface area contributed by atoms with E-state index in [1.165, 1.54) is 19.3 Å². The fraction of sp³-hybridized carbons (Fsp3) is 0.929. The number of carbonyl (C=O) groups excluding carboxylic acids is 1. The fourth-order valence-electron chi connectivity index (χ4n) is 2.89. The molecule has 0 heterocycles. The summed E-state index contributed by atoms with van der Waals surface area (Å²) in [6.45, 7) is 5.23. The van der Waals surface area contributed by atoms with Crippen LogP contribution in [0.4, 0.5) is 0 Å². The van der Waals surface area contributed by atoms with Crippen LogP contribution in [0.2, 0.25) is 0 Å². The fourth-order valence-corrected chi connectivity index (χ4v) is 2.89. The van der Waals surface area contributed by atoms with Gasteiger partial charge in [-0.2, -0.15) is 0 Å². The third-order valence-electron chi connectivity index (χ3n) is 5.01. The van der Waals surface area contributed by atoms with Crippen LogP contribution in [-0.4, -0.2) is 24.2 Å². The van der Waals surface area contributed by atoms with Gasteiger partial charge in [0.2, 0.25) is 5.91 Å². The van der Waals surface area contributed by atoms with E-state index in [0.29, 0.717) is 0 Å². The molecule has 2 aliphatic carbocycles. The van der Waals surface area contributed by atoms with E-state index in [1.807, 2.05) is 0 Å². The molecule has 0 bridgehead atoms. The van der Waals surface area contributed by atoms with E-state index >= 15 is 0 Å². The summed E-state index contributed by atoms with van der Waals surface area (Å²) in [5, 5.41) is 12.4. The van der Waals surface area contributed by atoms with E-state index in [-0.39, 0.29) is 17.9 Å². The first-order valence-electron chi connectivity index (χ1n) is 6.89. The second kappa shape index (κ2) is 4.60. The summed E-state index contributed by atoms with van der Waals surface area (Å²) >= 11 is 0. The third-order valence-corrected chi connectivity index (χ3v) is 5.01. The number of hydrogen-bond acceptors (Lipinski definition) is 2. The Morgan fingerprint density at radius 3 is 2.35 bits per heavy atom. The van der Waals surface area contributed by atoms with Crippen LogP contribution in [0.25, 0.3) is 0 Å². The number of hydrogen-bond donors (Lipinski definition) is 2. The van der Waals surface area contributed by atoms with Crippen LogP contribution in [0.5, 0.6) is 0 Å². The van der Waals surface area contributed by atoms with E-state index in [4.69, 9.17) is 0 Å². The van der Waals surface area contributed by atoms with Gasteiger partial charge < -0.3 is 10.4 Å². The lowest BCUT2D eigenvalue weighted by Gasteiger charge is -2.43. The Morgan fingerprint density at radius 1 is 1.35 bits per heavy atom. The molecule has 0 saturated heterocycles. The van der Waals surface area contributed by atoms with Crippen molar-refractivity contribution in [3.8, 4) is 0 Å². The maximum Gasteiger partial charge on any atom is 0.228 e. The lowest BCUT2D eigenvalue weighted by atomic mass is 9.66. The van der Waals surface area contributed by atoms with Gasteiger partial charge in [0, 0.05) is 6.54 Å². The van der Waals surface area contributed by atoms with Crippen LogP contribution >= 0.6 is 0 Å². The molecule has 3 heteroatoms. The molecule has 98 valence electrons. The summed E-state index contributed by atoms with van der Waals surface area (Å²) in [4.78, 5) is 12.1. The minimum atomic E-state index is -0.449. The zero-order chi connectivity index (χ0) is 12.5. The molecule has 0 unspecified atom stereocenters. The molecule has 2 fully saturated rings. The predicted molar refractivity (Wildman–Crippen MR) is 67.5 cm³/mol. The topological polar surface area (TPSA) is 49.3 Å². The smallest absolute Gasteiger partial charge is 0.228 e. The van der Waals surface area contributed by atoms with Gasteiger partial charge in [-0.25, -0.2) is 0 Å². The van der Waals surface area contributed by atoms with Crippen molar-refractivity contribution in [2.75, 3.05) is 13.2 Å². The molecule has 0 aromatic rings. The summed E-state index contributed by atoms with van der Waals surface area (Å²) in [7, 11) is 0. The van der Waals surface area contributed by atoms with Gasteiger partial charge >= 0.3 is 0 Å². The molecule has 1 amide bonds. The third kappa shape index (κ3) is 2.35. The molecule has 2 saturated carbocycles. The maximum absolute atomic E-state index is 12.1. The molecule has 0 aliphatic heterocycles. The molecule has 0 aromatic carbocycles. The van der Waals surface area contributed by atoms with Gasteiger partial charge in [0.15, 0.2) is 0 Å². The summed E-state index contributed by atoms with van der Waals surface area (Å²) in [5.74, 6) is 0.827. The molecule has 17 heavy (non-hydrogen) atoms. The lowest BCUT2D eigenvalue weighted by Crippen LogP contribution is -2.51. The van der Waals surface area contributed by atoms with Gasteiger partial charge in [-0.15, -0.1) is 0 Å². The van der Waals surface area contributed by atoms with Gasteiger partial charge in [-0.1, -0.05) is 26.7 Å². The van der Waals surface area contributed by atoms with E-state index < -0.39 is 5.41 Å². The number of nitrogens with one attached hydrogen (secondary N) is 1. The van der Waals surface area contributed by atoms with Crippen LogP contribution in [-0.2, 0) is 4.79 Å². The molecular weight excluding hydrogens is 214 g/mol. The number of amides is 1. The Labute approximate surface area is 104 Å². The first-order chi connectivity index (χ1) is 8.00. The Morgan fingerprint density at radius 2 is 2.00 bits per heavy atom. The van der Waals surface area contributed by atoms with E-state index in [0.717, 1.165) is 31.7 Å². The molecule has 0 atom stereocenters. The van der Waals surface area contributed by atoms with Crippen molar-refractivity contribution in [3.63, 3.8) is 0 Å². The van der Waals surface area contributed by atoms with E-state index in [2.05, 4.69) is 19.2 Å². The van der Waals surface area contributed by atoms with Gasteiger partial charge in [0.25, 0.3) is 0 Å². The van der Waals surface area contributed by atoms with E-state index in [1.54, 1.807) is 0 Å². The Bertz CT molecular complexity index is 285. The van der Waals surface area contributed by atoms with Crippen molar-refractivity contribution in [2.24, 2.45) is 16.7 Å². The molecular formula is C14H25NO2. The Kier molecular flexibility index (Phi) is 3.48. The van der Waals surface area contributed by atoms with Crippen molar-refractivity contribution in [2.45, 2.75) is 52.4 Å². The summed E-state index contributed by atoms with van der Waals surface area (Å²) in [6.07, 6.45) is 6.70. The van der Waals surface area contributed by atoms with Crippen molar-refractivity contribution >= 4 is 5.91 Å². The van der Waals surface area contributed by atoms with Crippen LogP contribution in [0.15, 0.2) is 0 Å². The average Bonchev–Trinajstić information content (AvgIpc) is 2.10. The molecule has 0 aromatic heterocycles. The molecule has 2 rings (SSSR count). The highest BCUT2D eigenvalue weighted by Gasteiger charge is 2.44. The lowest BCUT2D eigenvalue weighted by molar-refractivity contribution is -0.140. The number of carbonyl (C=O) groups is 1. The maximum atomic E-state index is 12.1. The minimum Gasteiger partial charge on any atom is -0.395 e. The van der Waals surface area contributed by atoms with Crippen molar-refractivity contribution in [1.82, 2.24) is 5.32 Å². The van der Waals surface area contributed by atoms with Crippen LogP contribution in [0.3, 0.4) is 0 Å². The molecule has 0 radical (unpaired) electrons. The molecule has 2 N–H and O–H groups in total. The van der Waals surface area contributed by atoms with Crippen LogP contribution in [0.1, 0.15) is 52.4 Å². The largest absolute Gasteiger partial charge is 0.395 e. The number of rotatable bonds is 5. The van der Waals surface area contributed by atoms with E-state index in [9.17, 15) is 9.90 Å². The minimum absolute atomic E-state index is 0.00267. The highest BCUT2D eigenvalue weighted by Crippen LogP contribution is 2.43. The second-order valence-corrected chi connectivity index (χ2v) is 6.59. The summed E-state index contributed by atoms with van der Waals surface area (Å²) in [6, 6.07) is 0. The monoisotopic (exact) mass is 239 g/mol. The number of aliphatic hydroxyl groups excluding tert-OH is 1. The zero-order valence-corrected chi connectivity index (χ0v) is 11.1. The predicted octanol–water partition coefficient (Wildman–Crippen LogP) is 2.09. The molecule has 3 nitrogen and oxygen atoms in total. The van der Waals surface area contributed by atoms with Gasteiger partial charge in [0.05, 0.1) is 12.0 Å². The summed E-state index contributed by atoms with van der Waals surface area (Å²) < 4.78 is 0. The van der Waals surface area contributed by atoms with Crippen molar-refractivity contribution < 1.29 is 9.90 Å². The Hall–Kier alpha value is -0.570. The standard InChI is InChI=1S/C14H25NO2/c1-13(2,11-5-3-6-11)9-15-12(17)14(10-16)7-4-8-14/h11,16H,3-10H2,1-2H3,(H,15,17). The first kappa shape index (κ1) is 12.9. The highest BCUT2D eigenvalue weighted by atomic mass is 16.3. The second-order valence-electron chi connectivity index (χ2n) is 6.59. The average molecular weight is 239 g/mol. The quantitative estimate of drug-likeness (QED) is 0.772. The van der Waals surface area contributed by atoms with Crippen LogP contribution in [0, 0.1) is 16.7 Å².